The molecule has 0 aliphatic carbocycles. The maximum Gasteiger partial charge on any atom is 0.191 e. The van der Waals surface area contributed by atoms with Crippen molar-refractivity contribution in [2.45, 2.75) is 58.3 Å². The molecule has 2 atom stereocenters. The third kappa shape index (κ3) is 5.39. The molecule has 1 aromatic carbocycles. The molecule has 2 aliphatic heterocycles. The molecule has 0 bridgehead atoms. The lowest BCUT2D eigenvalue weighted by Gasteiger charge is -2.45. The van der Waals surface area contributed by atoms with Crippen molar-refractivity contribution in [2.75, 3.05) is 39.8 Å². The van der Waals surface area contributed by atoms with E-state index in [1.165, 1.54) is 11.1 Å². The number of morpholine rings is 1. The summed E-state index contributed by atoms with van der Waals surface area (Å²) in [5, 5.41) is 6.94. The monoisotopic (exact) mass is 388 g/mol. The molecule has 1 saturated heterocycles. The lowest BCUT2D eigenvalue weighted by Crippen LogP contribution is -2.59. The molecule has 1 aromatic rings. The van der Waals surface area contributed by atoms with Gasteiger partial charge in [0.25, 0.3) is 0 Å². The van der Waals surface area contributed by atoms with Gasteiger partial charge < -0.3 is 20.1 Å². The Morgan fingerprint density at radius 2 is 1.96 bits per heavy atom. The lowest BCUT2D eigenvalue weighted by molar-refractivity contribution is -0.0946. The van der Waals surface area contributed by atoms with Gasteiger partial charge in [0.15, 0.2) is 5.96 Å². The highest BCUT2D eigenvalue weighted by atomic mass is 16.5. The third-order valence-corrected chi connectivity index (χ3v) is 5.65. The first-order valence-corrected chi connectivity index (χ1v) is 10.5. The van der Waals surface area contributed by atoms with E-state index in [1.54, 1.807) is 0 Å². The molecule has 2 aliphatic rings. The second kappa shape index (κ2) is 9.14. The van der Waals surface area contributed by atoms with Crippen LogP contribution in [0.25, 0.3) is 0 Å². The zero-order chi connectivity index (χ0) is 20.1. The molecule has 1 fully saturated rings. The topological polar surface area (TPSA) is 58.1 Å². The summed E-state index contributed by atoms with van der Waals surface area (Å²) in [7, 11) is 1.83. The number of aliphatic imine (C=N–C) groups is 1. The van der Waals surface area contributed by atoms with E-state index in [-0.39, 0.29) is 17.7 Å². The van der Waals surface area contributed by atoms with Gasteiger partial charge in [-0.1, -0.05) is 12.1 Å². The predicted molar refractivity (Wildman–Crippen MR) is 114 cm³/mol. The Morgan fingerprint density at radius 1 is 1.21 bits per heavy atom. The molecule has 0 saturated carbocycles. The van der Waals surface area contributed by atoms with Crippen molar-refractivity contribution in [3.63, 3.8) is 0 Å². The van der Waals surface area contributed by atoms with Gasteiger partial charge in [0, 0.05) is 45.2 Å². The van der Waals surface area contributed by atoms with Crippen molar-refractivity contribution >= 4 is 5.96 Å². The van der Waals surface area contributed by atoms with Crippen LogP contribution >= 0.6 is 0 Å². The zero-order valence-corrected chi connectivity index (χ0v) is 18.0. The average Bonchev–Trinajstić information content (AvgIpc) is 3.11. The molecule has 0 spiro atoms. The Balaban J connectivity index is 1.45. The van der Waals surface area contributed by atoms with E-state index in [0.29, 0.717) is 0 Å². The number of nitrogens with zero attached hydrogens (tertiary/aromatic N) is 2. The van der Waals surface area contributed by atoms with Crippen molar-refractivity contribution in [2.24, 2.45) is 4.99 Å². The summed E-state index contributed by atoms with van der Waals surface area (Å²) in [6, 6.07) is 6.52. The molecule has 6 nitrogen and oxygen atoms in total. The summed E-state index contributed by atoms with van der Waals surface area (Å²) in [5.74, 6) is 1.90. The number of guanidine groups is 1. The van der Waals surface area contributed by atoms with Crippen LogP contribution in [0.1, 0.15) is 38.8 Å². The summed E-state index contributed by atoms with van der Waals surface area (Å²) < 4.78 is 11.5. The summed E-state index contributed by atoms with van der Waals surface area (Å²) in [4.78, 5) is 6.90. The minimum atomic E-state index is 0.0317. The Labute approximate surface area is 169 Å². The van der Waals surface area contributed by atoms with Crippen LogP contribution in [0.5, 0.6) is 5.75 Å². The number of benzene rings is 1. The van der Waals surface area contributed by atoms with Crippen LogP contribution < -0.4 is 15.4 Å². The first-order valence-electron chi connectivity index (χ1n) is 10.5. The second-order valence-electron chi connectivity index (χ2n) is 8.62. The van der Waals surface area contributed by atoms with E-state index in [0.717, 1.165) is 57.3 Å². The van der Waals surface area contributed by atoms with Gasteiger partial charge >= 0.3 is 0 Å². The maximum absolute atomic E-state index is 5.88. The van der Waals surface area contributed by atoms with Crippen LogP contribution in [-0.2, 0) is 17.6 Å². The van der Waals surface area contributed by atoms with Crippen molar-refractivity contribution < 1.29 is 9.47 Å². The predicted octanol–water partition coefficient (Wildman–Crippen LogP) is 2.22. The highest BCUT2D eigenvalue weighted by Gasteiger charge is 2.33. The van der Waals surface area contributed by atoms with E-state index < -0.39 is 0 Å². The number of hydrogen-bond donors (Lipinski definition) is 2. The Kier molecular flexibility index (Phi) is 6.83. The Hall–Kier alpha value is -1.79. The molecule has 156 valence electrons. The van der Waals surface area contributed by atoms with Gasteiger partial charge in [0.2, 0.25) is 0 Å². The fourth-order valence-electron chi connectivity index (χ4n) is 4.03. The number of nitrogens with one attached hydrogen (secondary N) is 2. The van der Waals surface area contributed by atoms with Crippen molar-refractivity contribution in [1.82, 2.24) is 15.5 Å². The molecule has 0 amide bonds. The second-order valence-corrected chi connectivity index (χ2v) is 8.62. The molecular weight excluding hydrogens is 352 g/mol. The van der Waals surface area contributed by atoms with Crippen LogP contribution in [0.2, 0.25) is 0 Å². The molecule has 6 heteroatoms. The minimum absolute atomic E-state index is 0.0317. The fraction of sp³-hybridized carbons (Fsp3) is 0.682. The van der Waals surface area contributed by atoms with Gasteiger partial charge in [-0.25, -0.2) is 0 Å². The standard InChI is InChI=1S/C22H36N4O2/c1-16-13-26(14-17(2)28-16)22(3,4)15-25-21(23-5)24-10-8-18-6-7-20-19(12-18)9-11-27-20/h6-7,12,16-17H,8-11,13-15H2,1-5H3,(H2,23,24,25). The van der Waals surface area contributed by atoms with Gasteiger partial charge in [0.1, 0.15) is 5.75 Å². The number of hydrogen-bond acceptors (Lipinski definition) is 4. The van der Waals surface area contributed by atoms with Crippen LogP contribution in [0.4, 0.5) is 0 Å². The van der Waals surface area contributed by atoms with Crippen molar-refractivity contribution in [3.05, 3.63) is 29.3 Å². The molecule has 0 radical (unpaired) electrons. The molecule has 2 unspecified atom stereocenters. The molecule has 2 N–H and O–H groups in total. The van der Waals surface area contributed by atoms with Crippen LogP contribution in [-0.4, -0.2) is 68.4 Å². The van der Waals surface area contributed by atoms with E-state index in [1.807, 2.05) is 7.05 Å². The van der Waals surface area contributed by atoms with Gasteiger partial charge in [-0.2, -0.15) is 0 Å². The number of ether oxygens (including phenoxy) is 2. The highest BCUT2D eigenvalue weighted by molar-refractivity contribution is 5.79. The SMILES string of the molecule is CN=C(NCCc1ccc2c(c1)CCO2)NCC(C)(C)N1CC(C)OC(C)C1. The smallest absolute Gasteiger partial charge is 0.191 e. The Bertz CT molecular complexity index is 679. The average molecular weight is 389 g/mol. The van der Waals surface area contributed by atoms with Crippen molar-refractivity contribution in [3.8, 4) is 5.75 Å². The van der Waals surface area contributed by atoms with E-state index in [9.17, 15) is 0 Å². The maximum atomic E-state index is 5.88. The largest absolute Gasteiger partial charge is 0.493 e. The van der Waals surface area contributed by atoms with Gasteiger partial charge in [-0.15, -0.1) is 0 Å². The minimum Gasteiger partial charge on any atom is -0.493 e. The molecular formula is C22H36N4O2. The summed E-state index contributed by atoms with van der Waals surface area (Å²) in [6.45, 7) is 13.3. The van der Waals surface area contributed by atoms with Gasteiger partial charge in [-0.3, -0.25) is 9.89 Å². The van der Waals surface area contributed by atoms with Crippen LogP contribution in [0.3, 0.4) is 0 Å². The van der Waals surface area contributed by atoms with Gasteiger partial charge in [-0.05, 0) is 51.3 Å². The highest BCUT2D eigenvalue weighted by Crippen LogP contribution is 2.26. The van der Waals surface area contributed by atoms with Crippen LogP contribution in [0, 0.1) is 0 Å². The normalized spacial score (nSPS) is 23.2. The number of fused-ring (bicyclic) bond motifs is 1. The Morgan fingerprint density at radius 3 is 2.68 bits per heavy atom. The van der Waals surface area contributed by atoms with Gasteiger partial charge in [0.05, 0.1) is 18.8 Å². The summed E-state index contributed by atoms with van der Waals surface area (Å²) >= 11 is 0. The summed E-state index contributed by atoms with van der Waals surface area (Å²) in [5.41, 5.74) is 2.70. The fourth-order valence-corrected chi connectivity index (χ4v) is 4.03. The molecule has 2 heterocycles. The molecule has 3 rings (SSSR count). The van der Waals surface area contributed by atoms with Crippen molar-refractivity contribution in [1.29, 1.82) is 0 Å². The van der Waals surface area contributed by atoms with Crippen LogP contribution in [0.15, 0.2) is 23.2 Å². The third-order valence-electron chi connectivity index (χ3n) is 5.65. The van der Waals surface area contributed by atoms with E-state index in [2.05, 4.69) is 66.4 Å². The lowest BCUT2D eigenvalue weighted by atomic mass is 10.00. The molecule has 0 aromatic heterocycles. The zero-order valence-electron chi connectivity index (χ0n) is 18.0. The number of rotatable bonds is 6. The van der Waals surface area contributed by atoms with E-state index in [4.69, 9.17) is 9.47 Å². The summed E-state index contributed by atoms with van der Waals surface area (Å²) in [6.07, 6.45) is 2.54. The quantitative estimate of drug-likeness (QED) is 0.578. The van der Waals surface area contributed by atoms with E-state index >= 15 is 0 Å². The first-order chi connectivity index (χ1) is 13.4. The first kappa shape index (κ1) is 20.9. The molecule has 28 heavy (non-hydrogen) atoms.